The highest BCUT2D eigenvalue weighted by atomic mass is 16.6. The Labute approximate surface area is 173 Å². The topological polar surface area (TPSA) is 118 Å². The Kier molecular flexibility index (Phi) is 5.52. The second kappa shape index (κ2) is 8.41. The number of aromatic nitrogens is 2. The number of rotatable bonds is 3. The number of nitrogens with zero attached hydrogens (tertiary/aromatic N) is 6. The fraction of sp³-hybridized carbons (Fsp3) is 0.450. The van der Waals surface area contributed by atoms with Crippen molar-refractivity contribution in [3.05, 3.63) is 46.1 Å². The average molecular weight is 410 g/mol. The number of carbonyl (C=O) groups excluding carboxylic acids is 1. The highest BCUT2D eigenvalue weighted by Gasteiger charge is 2.30. The molecule has 1 aromatic heterocycles. The highest BCUT2D eigenvalue weighted by Crippen LogP contribution is 2.26. The zero-order valence-electron chi connectivity index (χ0n) is 16.4. The first-order valence-corrected chi connectivity index (χ1v) is 9.93. The maximum Gasteiger partial charge on any atom is 0.414 e. The molecule has 3 heterocycles. The van der Waals surface area contributed by atoms with Crippen LogP contribution in [0, 0.1) is 27.4 Å². The minimum Gasteiger partial charge on any atom is -0.444 e. The lowest BCUT2D eigenvalue weighted by Gasteiger charge is -2.35. The van der Waals surface area contributed by atoms with Gasteiger partial charge in [-0.1, -0.05) is 0 Å². The Bertz CT molecular complexity index is 972. The molecule has 1 amide bonds. The largest absolute Gasteiger partial charge is 0.444 e. The molecule has 0 radical (unpaired) electrons. The minimum absolute atomic E-state index is 0.0457. The molecule has 30 heavy (non-hydrogen) atoms. The molecule has 0 N–H and O–H groups in total. The van der Waals surface area contributed by atoms with Gasteiger partial charge in [0.2, 0.25) is 5.91 Å². The Balaban J connectivity index is 1.34. The van der Waals surface area contributed by atoms with E-state index in [1.54, 1.807) is 9.47 Å². The van der Waals surface area contributed by atoms with Gasteiger partial charge in [-0.15, -0.1) is 0 Å². The third kappa shape index (κ3) is 4.05. The molecule has 2 aromatic rings. The maximum atomic E-state index is 13.1. The summed E-state index contributed by atoms with van der Waals surface area (Å²) in [6.45, 7) is 3.14. The van der Waals surface area contributed by atoms with Crippen molar-refractivity contribution in [1.29, 1.82) is 5.26 Å². The van der Waals surface area contributed by atoms with Crippen molar-refractivity contribution >= 4 is 17.4 Å². The molecular formula is C20H22N6O4. The fourth-order valence-corrected chi connectivity index (χ4v) is 3.95. The highest BCUT2D eigenvalue weighted by molar-refractivity contribution is 5.79. The fourth-order valence-electron chi connectivity index (χ4n) is 3.95. The smallest absolute Gasteiger partial charge is 0.414 e. The number of amides is 1. The number of piperidine rings is 1. The van der Waals surface area contributed by atoms with Crippen LogP contribution in [-0.4, -0.2) is 58.1 Å². The zero-order chi connectivity index (χ0) is 21.1. The van der Waals surface area contributed by atoms with Crippen molar-refractivity contribution in [3.63, 3.8) is 0 Å². The first-order valence-electron chi connectivity index (χ1n) is 9.93. The van der Waals surface area contributed by atoms with E-state index in [4.69, 9.17) is 10.00 Å². The van der Waals surface area contributed by atoms with E-state index < -0.39 is 4.92 Å². The molecule has 10 nitrogen and oxygen atoms in total. The molecule has 4 rings (SSSR count). The molecule has 0 saturated carbocycles. The molecule has 2 aliphatic heterocycles. The monoisotopic (exact) mass is 410 g/mol. The normalized spacial score (nSPS) is 17.3. The molecule has 0 unspecified atom stereocenters. The number of nitro groups is 1. The van der Waals surface area contributed by atoms with Gasteiger partial charge in [0.1, 0.15) is 12.8 Å². The molecule has 1 fully saturated rings. The number of nitriles is 1. The minimum atomic E-state index is -0.550. The number of imidazole rings is 1. The predicted molar refractivity (Wildman–Crippen MR) is 107 cm³/mol. The van der Waals surface area contributed by atoms with Gasteiger partial charge in [0.15, 0.2) is 0 Å². The van der Waals surface area contributed by atoms with Crippen LogP contribution in [0.1, 0.15) is 18.4 Å². The summed E-state index contributed by atoms with van der Waals surface area (Å²) in [6.07, 6.45) is 2.87. The number of hydrogen-bond acceptors (Lipinski definition) is 7. The van der Waals surface area contributed by atoms with E-state index in [1.165, 1.54) is 6.20 Å². The van der Waals surface area contributed by atoms with Gasteiger partial charge >= 0.3 is 11.8 Å². The van der Waals surface area contributed by atoms with Crippen LogP contribution in [0.3, 0.4) is 0 Å². The van der Waals surface area contributed by atoms with Gasteiger partial charge in [-0.2, -0.15) is 5.26 Å². The Morgan fingerprint density at radius 1 is 1.17 bits per heavy atom. The van der Waals surface area contributed by atoms with Crippen LogP contribution < -0.4 is 9.64 Å². The molecule has 0 atom stereocenters. The summed E-state index contributed by atoms with van der Waals surface area (Å²) in [5, 5.41) is 19.8. The van der Waals surface area contributed by atoms with E-state index >= 15 is 0 Å². The molecule has 1 saturated heterocycles. The summed E-state index contributed by atoms with van der Waals surface area (Å²) in [4.78, 5) is 31.3. The van der Waals surface area contributed by atoms with E-state index in [-0.39, 0.29) is 30.3 Å². The molecule has 0 aliphatic carbocycles. The predicted octanol–water partition coefficient (Wildman–Crippen LogP) is 1.80. The van der Waals surface area contributed by atoms with Gasteiger partial charge in [-0.05, 0) is 42.0 Å². The van der Waals surface area contributed by atoms with Crippen LogP contribution in [0.2, 0.25) is 0 Å². The van der Waals surface area contributed by atoms with Crippen molar-refractivity contribution in [1.82, 2.24) is 14.5 Å². The number of anilines is 1. The Morgan fingerprint density at radius 3 is 2.57 bits per heavy atom. The number of fused-ring (bicyclic) bond motifs is 1. The molecular weight excluding hydrogens is 388 g/mol. The quantitative estimate of drug-likeness (QED) is 0.559. The first-order chi connectivity index (χ1) is 14.5. The SMILES string of the molecule is N#Cc1ccc(N2CCC(C(=O)N3CCOc4nc([N+](=O)[O-])cn4CC3)CC2)cc1. The molecule has 0 spiro atoms. The van der Waals surface area contributed by atoms with Crippen molar-refractivity contribution in [2.75, 3.05) is 37.7 Å². The van der Waals surface area contributed by atoms with Crippen LogP contribution in [0.15, 0.2) is 30.5 Å². The standard InChI is InChI=1S/C20H22N6O4/c21-13-15-1-3-17(4-2-15)23-7-5-16(6-8-23)19(27)24-9-10-25-14-18(26(28)29)22-20(25)30-12-11-24/h1-4,14,16H,5-12H2. The second-order valence-corrected chi connectivity index (χ2v) is 7.43. The van der Waals surface area contributed by atoms with Crippen molar-refractivity contribution in [2.45, 2.75) is 19.4 Å². The van der Waals surface area contributed by atoms with Gasteiger partial charge < -0.3 is 24.7 Å². The lowest BCUT2D eigenvalue weighted by atomic mass is 9.94. The van der Waals surface area contributed by atoms with E-state index in [9.17, 15) is 14.9 Å². The maximum absolute atomic E-state index is 13.1. The van der Waals surface area contributed by atoms with Gasteiger partial charge in [-0.25, -0.2) is 0 Å². The van der Waals surface area contributed by atoms with Crippen molar-refractivity contribution in [2.24, 2.45) is 5.92 Å². The summed E-state index contributed by atoms with van der Waals surface area (Å²) in [5.74, 6) is -0.188. The van der Waals surface area contributed by atoms with Crippen LogP contribution in [0.5, 0.6) is 6.01 Å². The molecule has 10 heteroatoms. The molecule has 156 valence electrons. The van der Waals surface area contributed by atoms with E-state index in [0.717, 1.165) is 31.6 Å². The van der Waals surface area contributed by atoms with Gasteiger partial charge in [-0.3, -0.25) is 9.36 Å². The lowest BCUT2D eigenvalue weighted by molar-refractivity contribution is -0.389. The number of ether oxygens (including phenoxy) is 1. The molecule has 1 aromatic carbocycles. The van der Waals surface area contributed by atoms with E-state index in [1.807, 2.05) is 24.3 Å². The second-order valence-electron chi connectivity index (χ2n) is 7.43. The van der Waals surface area contributed by atoms with Crippen LogP contribution in [0.4, 0.5) is 11.5 Å². The van der Waals surface area contributed by atoms with Gasteiger partial charge in [0.25, 0.3) is 0 Å². The van der Waals surface area contributed by atoms with Crippen LogP contribution in [0.25, 0.3) is 0 Å². The van der Waals surface area contributed by atoms with E-state index in [0.29, 0.717) is 25.2 Å². The summed E-state index contributed by atoms with van der Waals surface area (Å²) >= 11 is 0. The van der Waals surface area contributed by atoms with Gasteiger partial charge in [0.05, 0.1) is 18.2 Å². The molecule has 2 aliphatic rings. The number of carbonyl (C=O) groups is 1. The lowest BCUT2D eigenvalue weighted by Crippen LogP contribution is -2.45. The van der Waals surface area contributed by atoms with Crippen LogP contribution in [-0.2, 0) is 11.3 Å². The zero-order valence-corrected chi connectivity index (χ0v) is 16.4. The molecule has 0 bridgehead atoms. The Hall–Kier alpha value is -3.61. The summed E-state index contributed by atoms with van der Waals surface area (Å²) in [6, 6.07) is 9.85. The summed E-state index contributed by atoms with van der Waals surface area (Å²) < 4.78 is 7.13. The first kappa shape index (κ1) is 19.7. The number of benzene rings is 1. The van der Waals surface area contributed by atoms with Crippen molar-refractivity contribution < 1.29 is 14.5 Å². The Morgan fingerprint density at radius 2 is 1.90 bits per heavy atom. The average Bonchev–Trinajstić information content (AvgIpc) is 3.16. The van der Waals surface area contributed by atoms with E-state index in [2.05, 4.69) is 16.0 Å². The summed E-state index contributed by atoms with van der Waals surface area (Å²) in [5.41, 5.74) is 1.70. The summed E-state index contributed by atoms with van der Waals surface area (Å²) in [7, 11) is 0. The van der Waals surface area contributed by atoms with Crippen LogP contribution >= 0.6 is 0 Å². The van der Waals surface area contributed by atoms with Gasteiger partial charge in [0, 0.05) is 42.8 Å². The van der Waals surface area contributed by atoms with Crippen molar-refractivity contribution in [3.8, 4) is 12.1 Å². The number of hydrogen-bond donors (Lipinski definition) is 0. The third-order valence-corrected chi connectivity index (χ3v) is 5.63. The third-order valence-electron chi connectivity index (χ3n) is 5.63.